The number of halogens is 1. The Morgan fingerprint density at radius 3 is 2.64 bits per heavy atom. The van der Waals surface area contributed by atoms with Crippen molar-refractivity contribution in [1.82, 2.24) is 0 Å². The van der Waals surface area contributed by atoms with E-state index in [1.165, 1.54) is 6.07 Å². The predicted molar refractivity (Wildman–Crippen MR) is 44.9 cm³/mol. The van der Waals surface area contributed by atoms with Gasteiger partial charge in [0.15, 0.2) is 0 Å². The summed E-state index contributed by atoms with van der Waals surface area (Å²) in [7, 11) is 0. The molecule has 0 amide bonds. The summed E-state index contributed by atoms with van der Waals surface area (Å²) in [6.07, 6.45) is 0. The molecule has 0 spiro atoms. The average Bonchev–Trinajstić information content (AvgIpc) is 1.99. The van der Waals surface area contributed by atoms with E-state index in [4.69, 9.17) is 16.1 Å². The fourth-order valence-corrected chi connectivity index (χ4v) is 1.12. The Balaban J connectivity index is 3.35. The maximum Gasteiger partial charge on any atom is 0.140 e. The Hall–Kier alpha value is -1.21. The lowest BCUT2D eigenvalue weighted by Gasteiger charge is -2.00. The van der Waals surface area contributed by atoms with E-state index in [0.29, 0.717) is 10.0 Å². The highest BCUT2D eigenvalue weighted by atomic mass is 79.9. The molecule has 0 aliphatic carbocycles. The zero-order valence-corrected chi connectivity index (χ0v) is 7.09. The molecular formula is C7H5BrN2O. The smallest absolute Gasteiger partial charge is 0.140 e. The first-order valence-electron chi connectivity index (χ1n) is 2.83. The highest BCUT2D eigenvalue weighted by Crippen LogP contribution is 2.29. The minimum absolute atomic E-state index is 0.0732. The maximum atomic E-state index is 9.11. The molecule has 1 aromatic rings. The molecule has 0 radical (unpaired) electrons. The Morgan fingerprint density at radius 2 is 2.18 bits per heavy atom. The van der Waals surface area contributed by atoms with Gasteiger partial charge in [-0.2, -0.15) is 5.26 Å². The molecule has 0 aromatic heterocycles. The van der Waals surface area contributed by atoms with Crippen LogP contribution in [0.15, 0.2) is 16.6 Å². The van der Waals surface area contributed by atoms with Crippen LogP contribution < -0.4 is 5.73 Å². The fourth-order valence-electron chi connectivity index (χ4n) is 0.668. The second-order valence-electron chi connectivity index (χ2n) is 2.00. The van der Waals surface area contributed by atoms with Crippen LogP contribution in [0.25, 0.3) is 0 Å². The summed E-state index contributed by atoms with van der Waals surface area (Å²) < 4.78 is 0.536. The van der Waals surface area contributed by atoms with E-state index >= 15 is 0 Å². The van der Waals surface area contributed by atoms with Gasteiger partial charge in [-0.1, -0.05) is 0 Å². The molecule has 3 nitrogen and oxygen atoms in total. The van der Waals surface area contributed by atoms with Gasteiger partial charge in [0, 0.05) is 4.47 Å². The Kier molecular flexibility index (Phi) is 2.01. The van der Waals surface area contributed by atoms with Crippen molar-refractivity contribution in [1.29, 1.82) is 5.26 Å². The van der Waals surface area contributed by atoms with Gasteiger partial charge >= 0.3 is 0 Å². The van der Waals surface area contributed by atoms with E-state index in [1.54, 1.807) is 6.07 Å². The van der Waals surface area contributed by atoms with E-state index < -0.39 is 0 Å². The first kappa shape index (κ1) is 7.89. The standard InChI is InChI=1S/C7H5BrN2O/c8-5-1-4(3-9)2-6(11)7(5)10/h1-2,11H,10H2. The molecule has 4 heteroatoms. The highest BCUT2D eigenvalue weighted by molar-refractivity contribution is 9.10. The zero-order valence-electron chi connectivity index (χ0n) is 5.50. The molecule has 0 saturated heterocycles. The van der Waals surface area contributed by atoms with Crippen LogP contribution in [-0.4, -0.2) is 5.11 Å². The van der Waals surface area contributed by atoms with Crippen molar-refractivity contribution in [2.75, 3.05) is 5.73 Å². The van der Waals surface area contributed by atoms with Crippen LogP contribution in [0.2, 0.25) is 0 Å². The number of hydrogen-bond acceptors (Lipinski definition) is 3. The van der Waals surface area contributed by atoms with Crippen LogP contribution >= 0.6 is 15.9 Å². The van der Waals surface area contributed by atoms with Gasteiger partial charge in [0.05, 0.1) is 17.3 Å². The molecule has 0 aliphatic heterocycles. The highest BCUT2D eigenvalue weighted by Gasteiger charge is 2.03. The van der Waals surface area contributed by atoms with Crippen LogP contribution in [-0.2, 0) is 0 Å². The van der Waals surface area contributed by atoms with Gasteiger partial charge in [-0.15, -0.1) is 0 Å². The van der Waals surface area contributed by atoms with Gasteiger partial charge < -0.3 is 10.8 Å². The van der Waals surface area contributed by atoms with Gasteiger partial charge in [0.25, 0.3) is 0 Å². The van der Waals surface area contributed by atoms with Crippen molar-refractivity contribution < 1.29 is 5.11 Å². The molecule has 11 heavy (non-hydrogen) atoms. The van der Waals surface area contributed by atoms with E-state index in [2.05, 4.69) is 15.9 Å². The molecule has 56 valence electrons. The lowest BCUT2D eigenvalue weighted by molar-refractivity contribution is 0.477. The summed E-state index contributed by atoms with van der Waals surface area (Å²) in [5.41, 5.74) is 6.03. The number of anilines is 1. The SMILES string of the molecule is N#Cc1cc(O)c(N)c(Br)c1. The molecule has 0 atom stereocenters. The lowest BCUT2D eigenvalue weighted by Crippen LogP contribution is -1.88. The minimum Gasteiger partial charge on any atom is -0.506 e. The third-order valence-electron chi connectivity index (χ3n) is 1.24. The van der Waals surface area contributed by atoms with Gasteiger partial charge in [-0.3, -0.25) is 0 Å². The second kappa shape index (κ2) is 2.81. The van der Waals surface area contributed by atoms with Crippen molar-refractivity contribution in [2.45, 2.75) is 0 Å². The minimum atomic E-state index is -0.0732. The molecule has 0 bridgehead atoms. The lowest BCUT2D eigenvalue weighted by atomic mass is 10.2. The second-order valence-corrected chi connectivity index (χ2v) is 2.86. The average molecular weight is 213 g/mol. The number of nitrogens with two attached hydrogens (primary N) is 1. The maximum absolute atomic E-state index is 9.11. The largest absolute Gasteiger partial charge is 0.506 e. The van der Waals surface area contributed by atoms with Crippen molar-refractivity contribution in [3.63, 3.8) is 0 Å². The summed E-state index contributed by atoms with van der Waals surface area (Å²) >= 11 is 3.10. The molecule has 1 aromatic carbocycles. The number of nitrogen functional groups attached to an aromatic ring is 1. The van der Waals surface area contributed by atoms with Crippen molar-refractivity contribution in [3.8, 4) is 11.8 Å². The summed E-state index contributed by atoms with van der Waals surface area (Å²) in [6.45, 7) is 0. The molecule has 3 N–H and O–H groups in total. The summed E-state index contributed by atoms with van der Waals surface area (Å²) in [4.78, 5) is 0. The summed E-state index contributed by atoms with van der Waals surface area (Å²) in [5.74, 6) is -0.0732. The molecular weight excluding hydrogens is 208 g/mol. The first-order chi connectivity index (χ1) is 5.15. The third-order valence-corrected chi connectivity index (χ3v) is 1.89. The van der Waals surface area contributed by atoms with Crippen molar-refractivity contribution in [3.05, 3.63) is 22.2 Å². The number of nitrogens with zero attached hydrogens (tertiary/aromatic N) is 1. The number of phenolic OH excluding ortho intramolecular Hbond substituents is 1. The number of nitriles is 1. The van der Waals surface area contributed by atoms with Gasteiger partial charge in [0.2, 0.25) is 0 Å². The molecule has 0 saturated carbocycles. The van der Waals surface area contributed by atoms with Crippen LogP contribution in [0.1, 0.15) is 5.56 Å². The Labute approximate surface area is 72.2 Å². The van der Waals surface area contributed by atoms with Crippen LogP contribution in [0.3, 0.4) is 0 Å². The molecule has 0 heterocycles. The fraction of sp³-hybridized carbons (Fsp3) is 0. The quantitative estimate of drug-likeness (QED) is 0.508. The third kappa shape index (κ3) is 1.44. The predicted octanol–water partition coefficient (Wildman–Crippen LogP) is 1.61. The van der Waals surface area contributed by atoms with E-state index in [1.807, 2.05) is 6.07 Å². The van der Waals surface area contributed by atoms with E-state index in [9.17, 15) is 0 Å². The van der Waals surface area contributed by atoms with Gasteiger partial charge in [0.1, 0.15) is 5.75 Å². The normalized spacial score (nSPS) is 9.09. The number of benzene rings is 1. The molecule has 0 unspecified atom stereocenters. The number of aromatic hydroxyl groups is 1. The monoisotopic (exact) mass is 212 g/mol. The van der Waals surface area contributed by atoms with Gasteiger partial charge in [-0.25, -0.2) is 0 Å². The van der Waals surface area contributed by atoms with Crippen LogP contribution in [0, 0.1) is 11.3 Å². The number of rotatable bonds is 0. The zero-order chi connectivity index (χ0) is 8.43. The number of hydrogen-bond donors (Lipinski definition) is 2. The summed E-state index contributed by atoms with van der Waals surface area (Å²) in [5, 5.41) is 17.6. The Morgan fingerprint density at radius 1 is 1.55 bits per heavy atom. The van der Waals surface area contributed by atoms with E-state index in [-0.39, 0.29) is 11.4 Å². The van der Waals surface area contributed by atoms with Crippen LogP contribution in [0.5, 0.6) is 5.75 Å². The molecule has 0 fully saturated rings. The van der Waals surface area contributed by atoms with Crippen molar-refractivity contribution >= 4 is 21.6 Å². The van der Waals surface area contributed by atoms with E-state index in [0.717, 1.165) is 0 Å². The molecule has 0 aliphatic rings. The summed E-state index contributed by atoms with van der Waals surface area (Å²) in [6, 6.07) is 4.76. The van der Waals surface area contributed by atoms with Gasteiger partial charge in [-0.05, 0) is 28.1 Å². The van der Waals surface area contributed by atoms with Crippen molar-refractivity contribution in [2.24, 2.45) is 0 Å². The number of phenols is 1. The Bertz CT molecular complexity index is 307. The first-order valence-corrected chi connectivity index (χ1v) is 3.62. The van der Waals surface area contributed by atoms with Crippen LogP contribution in [0.4, 0.5) is 5.69 Å². The topological polar surface area (TPSA) is 70.0 Å². The molecule has 1 rings (SSSR count).